The molecule has 7 heteroatoms. The molecule has 23 heavy (non-hydrogen) atoms. The van der Waals surface area contributed by atoms with Gasteiger partial charge >= 0.3 is 7.82 Å². The van der Waals surface area contributed by atoms with Crippen LogP contribution >= 0.6 is 7.82 Å². The molecule has 2 rings (SSSR count). The Balaban J connectivity index is 2.54. The molecule has 124 valence electrons. The number of phenols is 2. The smallest absolute Gasteiger partial charge is 0.508 e. The summed E-state index contributed by atoms with van der Waals surface area (Å²) in [6.07, 6.45) is 1.43. The summed E-state index contributed by atoms with van der Waals surface area (Å²) in [6.45, 7) is 1.97. The first-order valence-corrected chi connectivity index (χ1v) is 8.70. The third-order valence-electron chi connectivity index (χ3n) is 3.48. The molecule has 0 aromatic heterocycles. The second-order valence-corrected chi connectivity index (χ2v) is 6.37. The monoisotopic (exact) mass is 338 g/mol. The normalized spacial score (nSPS) is 12.8. The molecule has 0 radical (unpaired) electrons. The second kappa shape index (κ2) is 7.04. The van der Waals surface area contributed by atoms with Crippen molar-refractivity contribution in [2.75, 3.05) is 0 Å². The zero-order valence-electron chi connectivity index (χ0n) is 12.6. The maximum Gasteiger partial charge on any atom is 0.524 e. The zero-order chi connectivity index (χ0) is 17.0. The average molecular weight is 338 g/mol. The van der Waals surface area contributed by atoms with Gasteiger partial charge in [-0.2, -0.15) is 0 Å². The van der Waals surface area contributed by atoms with Crippen molar-refractivity contribution in [1.82, 2.24) is 0 Å². The van der Waals surface area contributed by atoms with E-state index in [1.165, 1.54) is 30.3 Å². The van der Waals surface area contributed by atoms with Gasteiger partial charge in [-0.1, -0.05) is 31.5 Å². The highest BCUT2D eigenvalue weighted by molar-refractivity contribution is 7.46. The van der Waals surface area contributed by atoms with E-state index in [1.807, 2.05) is 6.92 Å². The first-order valence-electron chi connectivity index (χ1n) is 7.17. The Morgan fingerprint density at radius 2 is 1.74 bits per heavy atom. The number of hydrogen-bond acceptors (Lipinski definition) is 4. The van der Waals surface area contributed by atoms with Gasteiger partial charge in [0.15, 0.2) is 0 Å². The summed E-state index contributed by atoms with van der Waals surface area (Å²) in [6, 6.07) is 10.8. The van der Waals surface area contributed by atoms with Crippen LogP contribution in [0.2, 0.25) is 0 Å². The van der Waals surface area contributed by atoms with Crippen LogP contribution < -0.4 is 4.52 Å². The Kier molecular flexibility index (Phi) is 5.31. The van der Waals surface area contributed by atoms with Crippen LogP contribution in [0.25, 0.3) is 0 Å². The summed E-state index contributed by atoms with van der Waals surface area (Å²) in [4.78, 5) is 18.2. The predicted molar refractivity (Wildman–Crippen MR) is 85.6 cm³/mol. The third-order valence-corrected chi connectivity index (χ3v) is 3.92. The molecular formula is C16H19O6P. The highest BCUT2D eigenvalue weighted by Crippen LogP contribution is 2.46. The van der Waals surface area contributed by atoms with Gasteiger partial charge < -0.3 is 14.7 Å². The van der Waals surface area contributed by atoms with Gasteiger partial charge in [-0.05, 0) is 36.2 Å². The van der Waals surface area contributed by atoms with Gasteiger partial charge in [-0.15, -0.1) is 0 Å². The lowest BCUT2D eigenvalue weighted by Crippen LogP contribution is -2.04. The van der Waals surface area contributed by atoms with Crippen molar-refractivity contribution >= 4 is 7.82 Å². The minimum atomic E-state index is -4.74. The summed E-state index contributed by atoms with van der Waals surface area (Å²) in [5.41, 5.74) is 1.13. The SMILES string of the molecule is CCCC(c1ccc(O)cc1)c1c(O)cccc1OP(=O)(O)O. The van der Waals surface area contributed by atoms with E-state index in [0.29, 0.717) is 12.0 Å². The minimum Gasteiger partial charge on any atom is -0.508 e. The van der Waals surface area contributed by atoms with Crippen molar-refractivity contribution in [3.05, 3.63) is 53.6 Å². The molecular weight excluding hydrogens is 319 g/mol. The lowest BCUT2D eigenvalue weighted by molar-refractivity contribution is 0.281. The summed E-state index contributed by atoms with van der Waals surface area (Å²) in [5, 5.41) is 19.6. The van der Waals surface area contributed by atoms with E-state index in [0.717, 1.165) is 12.0 Å². The predicted octanol–water partition coefficient (Wildman–Crippen LogP) is 3.50. The summed E-state index contributed by atoms with van der Waals surface area (Å²) in [5.74, 6) is -0.344. The molecule has 0 saturated heterocycles. The summed E-state index contributed by atoms with van der Waals surface area (Å²) < 4.78 is 15.9. The maximum absolute atomic E-state index is 11.2. The van der Waals surface area contributed by atoms with Gasteiger partial charge in [0, 0.05) is 11.5 Å². The van der Waals surface area contributed by atoms with Crippen molar-refractivity contribution < 1.29 is 29.1 Å². The molecule has 0 bridgehead atoms. The summed E-state index contributed by atoms with van der Waals surface area (Å²) in [7, 11) is -4.74. The molecule has 0 fully saturated rings. The van der Waals surface area contributed by atoms with Crippen LogP contribution in [0.3, 0.4) is 0 Å². The fourth-order valence-electron chi connectivity index (χ4n) is 2.56. The van der Waals surface area contributed by atoms with E-state index in [4.69, 9.17) is 14.3 Å². The Labute approximate surface area is 134 Å². The fraction of sp³-hybridized carbons (Fsp3) is 0.250. The van der Waals surface area contributed by atoms with Crippen LogP contribution in [-0.2, 0) is 4.57 Å². The quantitative estimate of drug-likeness (QED) is 0.601. The van der Waals surface area contributed by atoms with Crippen LogP contribution in [-0.4, -0.2) is 20.0 Å². The lowest BCUT2D eigenvalue weighted by Gasteiger charge is -2.22. The van der Waals surface area contributed by atoms with E-state index in [9.17, 15) is 14.8 Å². The van der Waals surface area contributed by atoms with Gasteiger partial charge in [-0.3, -0.25) is 9.79 Å². The molecule has 0 amide bonds. The van der Waals surface area contributed by atoms with Crippen LogP contribution in [0.5, 0.6) is 17.2 Å². The van der Waals surface area contributed by atoms with Crippen molar-refractivity contribution in [3.63, 3.8) is 0 Å². The number of phosphoric acid groups is 1. The summed E-state index contributed by atoms with van der Waals surface area (Å²) >= 11 is 0. The molecule has 2 aromatic rings. The number of aromatic hydroxyl groups is 2. The molecule has 2 aromatic carbocycles. The molecule has 0 heterocycles. The zero-order valence-corrected chi connectivity index (χ0v) is 13.5. The Bertz CT molecular complexity index is 707. The van der Waals surface area contributed by atoms with Crippen molar-refractivity contribution in [3.8, 4) is 17.2 Å². The molecule has 6 nitrogen and oxygen atoms in total. The van der Waals surface area contributed by atoms with E-state index >= 15 is 0 Å². The fourth-order valence-corrected chi connectivity index (χ4v) is 2.98. The van der Waals surface area contributed by atoms with Crippen molar-refractivity contribution in [2.45, 2.75) is 25.7 Å². The third kappa shape index (κ3) is 4.48. The molecule has 0 spiro atoms. The van der Waals surface area contributed by atoms with Crippen molar-refractivity contribution in [1.29, 1.82) is 0 Å². The Morgan fingerprint density at radius 1 is 1.09 bits per heavy atom. The first-order chi connectivity index (χ1) is 10.8. The molecule has 1 atom stereocenters. The van der Waals surface area contributed by atoms with Crippen LogP contribution in [0, 0.1) is 0 Å². The van der Waals surface area contributed by atoms with E-state index in [-0.39, 0.29) is 23.2 Å². The number of rotatable bonds is 6. The standard InChI is InChI=1S/C16H19O6P/c1-2-4-13(11-7-9-12(17)10-8-11)16-14(18)5-3-6-15(16)22-23(19,20)21/h3,5-10,13,17-18H,2,4H2,1H3,(H2,19,20,21). The minimum absolute atomic E-state index is 0.0511. The molecule has 0 saturated carbocycles. The highest BCUT2D eigenvalue weighted by atomic mass is 31.2. The van der Waals surface area contributed by atoms with Gasteiger partial charge in [0.05, 0.1) is 0 Å². The Hall–Kier alpha value is -2.01. The largest absolute Gasteiger partial charge is 0.524 e. The number of hydrogen-bond donors (Lipinski definition) is 4. The second-order valence-electron chi connectivity index (χ2n) is 5.20. The maximum atomic E-state index is 11.2. The average Bonchev–Trinajstić information content (AvgIpc) is 2.45. The Morgan fingerprint density at radius 3 is 2.30 bits per heavy atom. The van der Waals surface area contributed by atoms with Gasteiger partial charge in [0.1, 0.15) is 17.2 Å². The van der Waals surface area contributed by atoms with Crippen molar-refractivity contribution in [2.24, 2.45) is 0 Å². The number of phosphoric ester groups is 1. The van der Waals surface area contributed by atoms with E-state index in [1.54, 1.807) is 12.1 Å². The van der Waals surface area contributed by atoms with Gasteiger partial charge in [0.25, 0.3) is 0 Å². The highest BCUT2D eigenvalue weighted by Gasteiger charge is 2.26. The lowest BCUT2D eigenvalue weighted by atomic mass is 9.86. The van der Waals surface area contributed by atoms with Crippen LogP contribution in [0.1, 0.15) is 36.8 Å². The first kappa shape index (κ1) is 17.3. The number of phenolic OH excluding ortho intramolecular Hbond substituents is 2. The van der Waals surface area contributed by atoms with Gasteiger partial charge in [0.2, 0.25) is 0 Å². The molecule has 1 unspecified atom stereocenters. The molecule has 0 aliphatic rings. The van der Waals surface area contributed by atoms with Crippen LogP contribution in [0.4, 0.5) is 0 Å². The van der Waals surface area contributed by atoms with Gasteiger partial charge in [-0.25, -0.2) is 4.57 Å². The molecule has 0 aliphatic heterocycles. The van der Waals surface area contributed by atoms with E-state index in [2.05, 4.69) is 0 Å². The number of benzene rings is 2. The molecule has 0 aliphatic carbocycles. The molecule has 4 N–H and O–H groups in total. The van der Waals surface area contributed by atoms with E-state index < -0.39 is 7.82 Å². The topological polar surface area (TPSA) is 107 Å². The van der Waals surface area contributed by atoms with Crippen LogP contribution in [0.15, 0.2) is 42.5 Å².